The molecule has 4 rings (SSSR count). The Bertz CT molecular complexity index is 578. The lowest BCUT2D eigenvalue weighted by Crippen LogP contribution is -2.24. The van der Waals surface area contributed by atoms with Crippen molar-refractivity contribution in [2.24, 2.45) is 5.92 Å². The van der Waals surface area contributed by atoms with E-state index in [4.69, 9.17) is 30.5 Å². The molecule has 5 nitrogen and oxygen atoms in total. The van der Waals surface area contributed by atoms with Gasteiger partial charge >= 0.3 is 0 Å². The number of hydrogen-bond donors (Lipinski definition) is 0. The fourth-order valence-electron chi connectivity index (χ4n) is 3.89. The van der Waals surface area contributed by atoms with Crippen molar-refractivity contribution >= 4 is 11.6 Å². The van der Waals surface area contributed by atoms with Gasteiger partial charge in [-0.05, 0) is 49.7 Å². The van der Waals surface area contributed by atoms with Crippen LogP contribution in [0.15, 0.2) is 12.1 Å². The quantitative estimate of drug-likeness (QED) is 0.580. The van der Waals surface area contributed by atoms with Gasteiger partial charge in [0.2, 0.25) is 5.88 Å². The van der Waals surface area contributed by atoms with E-state index in [2.05, 4.69) is 4.98 Å². The Morgan fingerprint density at radius 1 is 1.25 bits per heavy atom. The number of aromatic nitrogens is 1. The number of pyridine rings is 1. The highest BCUT2D eigenvalue weighted by Gasteiger charge is 2.56. The highest BCUT2D eigenvalue weighted by molar-refractivity contribution is 6.29. The van der Waals surface area contributed by atoms with Gasteiger partial charge in [-0.2, -0.15) is 0 Å². The lowest BCUT2D eigenvalue weighted by Gasteiger charge is -2.23. The molecule has 2 aliphatic heterocycles. The topological polar surface area (TPSA) is 49.8 Å². The molecule has 6 heteroatoms. The van der Waals surface area contributed by atoms with Crippen LogP contribution < -0.4 is 4.74 Å². The molecule has 132 valence electrons. The van der Waals surface area contributed by atoms with Crippen molar-refractivity contribution in [3.05, 3.63) is 22.8 Å². The summed E-state index contributed by atoms with van der Waals surface area (Å²) >= 11 is 6.21. The Balaban J connectivity index is 1.32. The number of fused-ring (bicyclic) bond motifs is 1. The highest BCUT2D eigenvalue weighted by atomic mass is 35.5. The Labute approximate surface area is 147 Å². The van der Waals surface area contributed by atoms with Gasteiger partial charge in [-0.15, -0.1) is 0 Å². The van der Waals surface area contributed by atoms with Crippen LogP contribution in [0.25, 0.3) is 0 Å². The maximum atomic E-state index is 6.21. The van der Waals surface area contributed by atoms with E-state index in [1.807, 2.05) is 12.1 Å². The van der Waals surface area contributed by atoms with Crippen molar-refractivity contribution in [1.29, 1.82) is 0 Å². The lowest BCUT2D eigenvalue weighted by molar-refractivity contribution is -0.165. The molecule has 3 aliphatic rings. The molecule has 0 bridgehead atoms. The Morgan fingerprint density at radius 2 is 2.21 bits per heavy atom. The molecule has 3 atom stereocenters. The predicted molar refractivity (Wildman–Crippen MR) is 89.5 cm³/mol. The SMILES string of the molecule is Clc1cc(C23CCOCC2C3)cc(OCCOC2CCCCO2)n1. The number of rotatable bonds is 6. The summed E-state index contributed by atoms with van der Waals surface area (Å²) in [5, 5.41) is 0.491. The van der Waals surface area contributed by atoms with Gasteiger partial charge in [0, 0.05) is 24.7 Å². The second kappa shape index (κ2) is 7.16. The smallest absolute Gasteiger partial charge is 0.215 e. The van der Waals surface area contributed by atoms with E-state index >= 15 is 0 Å². The van der Waals surface area contributed by atoms with E-state index in [0.717, 1.165) is 45.5 Å². The van der Waals surface area contributed by atoms with E-state index in [1.165, 1.54) is 12.0 Å². The molecule has 24 heavy (non-hydrogen) atoms. The average Bonchev–Trinajstić information content (AvgIpc) is 3.35. The monoisotopic (exact) mass is 353 g/mol. The third-order valence-electron chi connectivity index (χ3n) is 5.36. The van der Waals surface area contributed by atoms with E-state index in [1.54, 1.807) is 0 Å². The summed E-state index contributed by atoms with van der Waals surface area (Å²) in [6.07, 6.45) is 5.40. The number of hydrogen-bond acceptors (Lipinski definition) is 5. The van der Waals surface area contributed by atoms with E-state index < -0.39 is 0 Å². The Morgan fingerprint density at radius 3 is 3.04 bits per heavy atom. The van der Waals surface area contributed by atoms with Crippen LogP contribution in [-0.4, -0.2) is 44.3 Å². The summed E-state index contributed by atoms with van der Waals surface area (Å²) < 4.78 is 22.5. The van der Waals surface area contributed by atoms with Gasteiger partial charge in [-0.25, -0.2) is 4.98 Å². The Hall–Kier alpha value is -0.880. The molecule has 3 fully saturated rings. The van der Waals surface area contributed by atoms with Gasteiger partial charge in [-0.1, -0.05) is 11.6 Å². The van der Waals surface area contributed by atoms with Crippen LogP contribution in [0.1, 0.15) is 37.7 Å². The van der Waals surface area contributed by atoms with Gasteiger partial charge in [0.05, 0.1) is 13.2 Å². The Kier molecular flexibility index (Phi) is 4.95. The molecule has 0 spiro atoms. The van der Waals surface area contributed by atoms with Crippen LogP contribution in [0.5, 0.6) is 5.88 Å². The van der Waals surface area contributed by atoms with Crippen LogP contribution in [-0.2, 0) is 19.6 Å². The van der Waals surface area contributed by atoms with E-state index in [0.29, 0.717) is 30.2 Å². The molecule has 0 radical (unpaired) electrons. The fraction of sp³-hybridized carbons (Fsp3) is 0.722. The van der Waals surface area contributed by atoms with E-state index in [-0.39, 0.29) is 11.7 Å². The predicted octanol–water partition coefficient (Wildman–Crippen LogP) is 3.34. The van der Waals surface area contributed by atoms with Gasteiger partial charge < -0.3 is 18.9 Å². The minimum absolute atomic E-state index is 0.0846. The summed E-state index contributed by atoms with van der Waals surface area (Å²) in [5.41, 5.74) is 1.47. The van der Waals surface area contributed by atoms with Crippen LogP contribution in [0, 0.1) is 5.92 Å². The molecule has 1 saturated carbocycles. The first-order chi connectivity index (χ1) is 11.8. The minimum atomic E-state index is -0.0846. The van der Waals surface area contributed by atoms with Gasteiger partial charge in [0.15, 0.2) is 6.29 Å². The van der Waals surface area contributed by atoms with Crippen molar-refractivity contribution in [2.45, 2.75) is 43.8 Å². The van der Waals surface area contributed by atoms with E-state index in [9.17, 15) is 0 Å². The molecule has 3 unspecified atom stereocenters. The lowest BCUT2D eigenvalue weighted by atomic mass is 9.90. The summed E-state index contributed by atoms with van der Waals surface area (Å²) in [6.45, 7) is 3.41. The normalized spacial score (nSPS) is 32.2. The number of ether oxygens (including phenoxy) is 4. The molecule has 1 aromatic heterocycles. The third kappa shape index (κ3) is 3.54. The molecule has 0 amide bonds. The largest absolute Gasteiger partial charge is 0.475 e. The van der Waals surface area contributed by atoms with Crippen LogP contribution in [0.3, 0.4) is 0 Å². The molecule has 1 aliphatic carbocycles. The molecule has 1 aromatic rings. The second-order valence-electron chi connectivity index (χ2n) is 6.91. The van der Waals surface area contributed by atoms with Crippen molar-refractivity contribution < 1.29 is 18.9 Å². The molecular formula is C18H24ClNO4. The van der Waals surface area contributed by atoms with Crippen molar-refractivity contribution in [1.82, 2.24) is 4.98 Å². The summed E-state index contributed by atoms with van der Waals surface area (Å²) in [6, 6.07) is 4.01. The molecule has 2 saturated heterocycles. The van der Waals surface area contributed by atoms with Crippen molar-refractivity contribution in [3.8, 4) is 5.88 Å². The second-order valence-corrected chi connectivity index (χ2v) is 7.30. The third-order valence-corrected chi connectivity index (χ3v) is 5.56. The maximum Gasteiger partial charge on any atom is 0.215 e. The van der Waals surface area contributed by atoms with Crippen LogP contribution in [0.2, 0.25) is 5.15 Å². The van der Waals surface area contributed by atoms with Crippen molar-refractivity contribution in [2.75, 3.05) is 33.0 Å². The average molecular weight is 354 g/mol. The zero-order valence-corrected chi connectivity index (χ0v) is 14.6. The first-order valence-corrected chi connectivity index (χ1v) is 9.26. The first-order valence-electron chi connectivity index (χ1n) is 8.88. The molecule has 0 aromatic carbocycles. The summed E-state index contributed by atoms with van der Waals surface area (Å²) in [7, 11) is 0. The van der Waals surface area contributed by atoms with Crippen molar-refractivity contribution in [3.63, 3.8) is 0 Å². The molecule has 3 heterocycles. The van der Waals surface area contributed by atoms with Crippen LogP contribution >= 0.6 is 11.6 Å². The maximum absolute atomic E-state index is 6.21. The standard InChI is InChI=1S/C18H24ClNO4/c19-15-9-13(18-4-6-21-12-14(18)11-18)10-16(20-15)22-7-8-24-17-3-1-2-5-23-17/h9-10,14,17H,1-8,11-12H2. The number of nitrogens with zero attached hydrogens (tertiary/aromatic N) is 1. The highest BCUT2D eigenvalue weighted by Crippen LogP contribution is 2.59. The summed E-state index contributed by atoms with van der Waals surface area (Å²) in [4.78, 5) is 4.29. The molecule has 0 N–H and O–H groups in total. The van der Waals surface area contributed by atoms with Crippen LogP contribution in [0.4, 0.5) is 0 Å². The minimum Gasteiger partial charge on any atom is -0.475 e. The zero-order chi connectivity index (χ0) is 16.4. The summed E-state index contributed by atoms with van der Waals surface area (Å²) in [5.74, 6) is 1.20. The zero-order valence-electron chi connectivity index (χ0n) is 13.8. The van der Waals surface area contributed by atoms with Gasteiger partial charge in [0.1, 0.15) is 11.8 Å². The van der Waals surface area contributed by atoms with Gasteiger partial charge in [-0.3, -0.25) is 0 Å². The number of halogens is 1. The first kappa shape index (κ1) is 16.6. The fourth-order valence-corrected chi connectivity index (χ4v) is 4.09. The van der Waals surface area contributed by atoms with Gasteiger partial charge in [0.25, 0.3) is 0 Å². The molecular weight excluding hydrogens is 330 g/mol.